The highest BCUT2D eigenvalue weighted by Crippen LogP contribution is 2.36. The molecule has 0 saturated carbocycles. The summed E-state index contributed by atoms with van der Waals surface area (Å²) in [6, 6.07) is 5.84. The molecule has 0 spiro atoms. The molecule has 1 N–H and O–H groups in total. The van der Waals surface area contributed by atoms with Gasteiger partial charge in [-0.1, -0.05) is 6.07 Å². The molecule has 1 aromatic heterocycles. The van der Waals surface area contributed by atoms with Crippen LogP contribution < -0.4 is 4.72 Å². The molecule has 148 valence electrons. The molecule has 1 heterocycles. The maximum absolute atomic E-state index is 12.8. The summed E-state index contributed by atoms with van der Waals surface area (Å²) in [6.45, 7) is -0.697. The number of benzene rings is 1. The topological polar surface area (TPSA) is 59.1 Å². The van der Waals surface area contributed by atoms with E-state index in [2.05, 4.69) is 4.98 Å². The third-order valence-electron chi connectivity index (χ3n) is 3.50. The Hall–Kier alpha value is -2.14. The fraction of sp³-hybridized carbons (Fsp3) is 0.312. The lowest BCUT2D eigenvalue weighted by atomic mass is 10.0. The van der Waals surface area contributed by atoms with Gasteiger partial charge in [-0.3, -0.25) is 4.98 Å². The van der Waals surface area contributed by atoms with Crippen LogP contribution in [0.1, 0.15) is 22.4 Å². The van der Waals surface area contributed by atoms with E-state index >= 15 is 0 Å². The summed E-state index contributed by atoms with van der Waals surface area (Å²) < 4.78 is 103. The van der Waals surface area contributed by atoms with Gasteiger partial charge in [-0.2, -0.15) is 26.3 Å². The number of aryl methyl sites for hydroxylation is 1. The van der Waals surface area contributed by atoms with Crippen molar-refractivity contribution in [3.63, 3.8) is 0 Å². The van der Waals surface area contributed by atoms with Crippen molar-refractivity contribution in [1.29, 1.82) is 0 Å². The van der Waals surface area contributed by atoms with Crippen molar-refractivity contribution in [2.24, 2.45) is 0 Å². The van der Waals surface area contributed by atoms with Gasteiger partial charge in [0.15, 0.2) is 0 Å². The normalized spacial score (nSPS) is 13.0. The van der Waals surface area contributed by atoms with Gasteiger partial charge in [0.05, 0.1) is 16.9 Å². The second kappa shape index (κ2) is 7.85. The Balaban J connectivity index is 2.14. The van der Waals surface area contributed by atoms with E-state index in [0.717, 1.165) is 0 Å². The third-order valence-corrected chi connectivity index (χ3v) is 4.82. The molecule has 27 heavy (non-hydrogen) atoms. The lowest BCUT2D eigenvalue weighted by molar-refractivity contribution is -0.143. The Morgan fingerprint density at radius 1 is 0.926 bits per heavy atom. The first-order valence-corrected chi connectivity index (χ1v) is 9.18. The van der Waals surface area contributed by atoms with Gasteiger partial charge < -0.3 is 0 Å². The molecule has 2 rings (SSSR count). The van der Waals surface area contributed by atoms with Crippen LogP contribution in [0.2, 0.25) is 0 Å². The van der Waals surface area contributed by atoms with Crippen LogP contribution in [-0.2, 0) is 35.3 Å². The number of nitrogens with zero attached hydrogens (tertiary/aromatic N) is 1. The highest BCUT2D eigenvalue weighted by molar-refractivity contribution is 7.89. The average molecular weight is 412 g/mol. The second-order valence-electron chi connectivity index (χ2n) is 5.63. The van der Waals surface area contributed by atoms with Gasteiger partial charge in [-0.25, -0.2) is 13.1 Å². The number of alkyl halides is 6. The number of sulfonamides is 1. The van der Waals surface area contributed by atoms with Crippen molar-refractivity contribution in [2.45, 2.75) is 25.3 Å². The van der Waals surface area contributed by atoms with Crippen molar-refractivity contribution in [3.8, 4) is 0 Å². The second-order valence-corrected chi connectivity index (χ2v) is 7.55. The summed E-state index contributed by atoms with van der Waals surface area (Å²) in [5.41, 5.74) is -2.96. The molecule has 0 amide bonds. The van der Waals surface area contributed by atoms with Crippen molar-refractivity contribution < 1.29 is 34.8 Å². The molecule has 0 aliphatic rings. The zero-order valence-electron chi connectivity index (χ0n) is 13.6. The summed E-state index contributed by atoms with van der Waals surface area (Å²) in [6.07, 6.45) is -8.47. The van der Waals surface area contributed by atoms with E-state index in [0.29, 0.717) is 17.8 Å². The van der Waals surface area contributed by atoms with E-state index in [4.69, 9.17) is 0 Å². The van der Waals surface area contributed by atoms with Gasteiger partial charge in [-0.15, -0.1) is 0 Å². The first-order chi connectivity index (χ1) is 12.4. The van der Waals surface area contributed by atoms with Gasteiger partial charge in [0, 0.05) is 24.9 Å². The van der Waals surface area contributed by atoms with E-state index in [1.807, 2.05) is 4.72 Å². The summed E-state index contributed by atoms with van der Waals surface area (Å²) in [5.74, 6) is -0.408. The molecule has 11 heteroatoms. The number of pyridine rings is 1. The van der Waals surface area contributed by atoms with Crippen LogP contribution in [0.15, 0.2) is 42.6 Å². The summed E-state index contributed by atoms with van der Waals surface area (Å²) >= 11 is 0. The van der Waals surface area contributed by atoms with Gasteiger partial charge in [-0.05, 0) is 35.9 Å². The number of aromatic nitrogens is 1. The SMILES string of the molecule is O=S(=O)(CCc1ccccn1)NCc1cc(C(F)(F)F)cc(C(F)(F)F)c1. The van der Waals surface area contributed by atoms with Crippen molar-refractivity contribution >= 4 is 10.0 Å². The molecule has 0 atom stereocenters. The smallest absolute Gasteiger partial charge is 0.261 e. The molecular weight excluding hydrogens is 398 g/mol. The Morgan fingerprint density at radius 2 is 1.52 bits per heavy atom. The van der Waals surface area contributed by atoms with Crippen molar-refractivity contribution in [3.05, 3.63) is 65.0 Å². The Morgan fingerprint density at radius 3 is 2.00 bits per heavy atom. The number of hydrogen-bond acceptors (Lipinski definition) is 3. The number of hydrogen-bond donors (Lipinski definition) is 1. The minimum absolute atomic E-state index is 0.0148. The largest absolute Gasteiger partial charge is 0.416 e. The van der Waals surface area contributed by atoms with Crippen LogP contribution in [0.4, 0.5) is 26.3 Å². The van der Waals surface area contributed by atoms with E-state index in [1.54, 1.807) is 18.2 Å². The molecule has 0 unspecified atom stereocenters. The standard InChI is InChI=1S/C16H14F6N2O2S/c17-15(18,19)12-7-11(8-13(9-12)16(20,21)22)10-24-27(25,26)6-4-14-3-1-2-5-23-14/h1-3,5,7-9,24H,4,6,10H2. The summed E-state index contributed by atoms with van der Waals surface area (Å²) in [5, 5.41) is 0. The monoisotopic (exact) mass is 412 g/mol. The fourth-order valence-electron chi connectivity index (χ4n) is 2.17. The highest BCUT2D eigenvalue weighted by Gasteiger charge is 2.36. The molecule has 0 fully saturated rings. The number of rotatable bonds is 6. The quantitative estimate of drug-likeness (QED) is 0.735. The van der Waals surface area contributed by atoms with Crippen LogP contribution in [0.3, 0.4) is 0 Å². The van der Waals surface area contributed by atoms with Crippen molar-refractivity contribution in [1.82, 2.24) is 9.71 Å². The lowest BCUT2D eigenvalue weighted by Crippen LogP contribution is -2.27. The van der Waals surface area contributed by atoms with Crippen LogP contribution in [0.5, 0.6) is 0 Å². The zero-order valence-corrected chi connectivity index (χ0v) is 14.4. The molecular formula is C16H14F6N2O2S. The van der Waals surface area contributed by atoms with Crippen LogP contribution in [0.25, 0.3) is 0 Å². The van der Waals surface area contributed by atoms with Gasteiger partial charge in [0.1, 0.15) is 0 Å². The molecule has 0 saturated heterocycles. The predicted octanol–water partition coefficient (Wildman–Crippen LogP) is 3.78. The third kappa shape index (κ3) is 6.51. The Labute approximate surface area is 151 Å². The average Bonchev–Trinajstić information content (AvgIpc) is 2.58. The maximum Gasteiger partial charge on any atom is 0.416 e. The van der Waals surface area contributed by atoms with Crippen LogP contribution >= 0.6 is 0 Å². The summed E-state index contributed by atoms with van der Waals surface area (Å²) in [7, 11) is -3.93. The molecule has 0 aliphatic carbocycles. The van der Waals surface area contributed by atoms with E-state index in [-0.39, 0.29) is 12.5 Å². The van der Waals surface area contributed by atoms with E-state index in [9.17, 15) is 34.8 Å². The van der Waals surface area contributed by atoms with E-state index in [1.165, 1.54) is 6.20 Å². The highest BCUT2D eigenvalue weighted by atomic mass is 32.2. The minimum atomic E-state index is -4.99. The molecule has 1 aromatic carbocycles. The first kappa shape index (κ1) is 21.2. The van der Waals surface area contributed by atoms with Crippen LogP contribution in [0, 0.1) is 0 Å². The summed E-state index contributed by atoms with van der Waals surface area (Å²) in [4.78, 5) is 3.94. The van der Waals surface area contributed by atoms with Gasteiger partial charge >= 0.3 is 12.4 Å². The Kier molecular flexibility index (Phi) is 6.15. The fourth-order valence-corrected chi connectivity index (χ4v) is 3.18. The molecule has 2 aromatic rings. The molecule has 0 radical (unpaired) electrons. The van der Waals surface area contributed by atoms with Gasteiger partial charge in [0.2, 0.25) is 10.0 Å². The Bertz CT molecular complexity index is 848. The maximum atomic E-state index is 12.8. The number of halogens is 6. The van der Waals surface area contributed by atoms with Crippen LogP contribution in [-0.4, -0.2) is 19.2 Å². The van der Waals surface area contributed by atoms with Crippen molar-refractivity contribution in [2.75, 3.05) is 5.75 Å². The zero-order chi connectivity index (χ0) is 20.3. The number of nitrogens with one attached hydrogen (secondary N) is 1. The minimum Gasteiger partial charge on any atom is -0.261 e. The molecule has 0 aliphatic heterocycles. The lowest BCUT2D eigenvalue weighted by Gasteiger charge is -2.14. The molecule has 4 nitrogen and oxygen atoms in total. The van der Waals surface area contributed by atoms with E-state index < -0.39 is 51.4 Å². The predicted molar refractivity (Wildman–Crippen MR) is 85.0 cm³/mol. The first-order valence-electron chi connectivity index (χ1n) is 7.52. The molecule has 0 bridgehead atoms. The van der Waals surface area contributed by atoms with Gasteiger partial charge in [0.25, 0.3) is 0 Å².